The van der Waals surface area contributed by atoms with E-state index >= 15 is 0 Å². The third-order valence-electron chi connectivity index (χ3n) is 5.40. The average Bonchev–Trinajstić information content (AvgIpc) is 3.16. The highest BCUT2D eigenvalue weighted by Gasteiger charge is 2.40. The summed E-state index contributed by atoms with van der Waals surface area (Å²) < 4.78 is 2.20. The minimum absolute atomic E-state index is 0.0968. The molecule has 3 heterocycles. The van der Waals surface area contributed by atoms with E-state index in [-0.39, 0.29) is 12.0 Å². The van der Waals surface area contributed by atoms with Gasteiger partial charge in [-0.3, -0.25) is 0 Å². The Balaban J connectivity index is 1.62. The van der Waals surface area contributed by atoms with E-state index < -0.39 is 6.10 Å². The Kier molecular flexibility index (Phi) is 2.82. The van der Waals surface area contributed by atoms with Crippen LogP contribution in [-0.2, 0) is 6.42 Å². The molecule has 3 atom stereocenters. The summed E-state index contributed by atoms with van der Waals surface area (Å²) in [5.41, 5.74) is 11.2. The van der Waals surface area contributed by atoms with E-state index in [4.69, 9.17) is 5.73 Å². The third kappa shape index (κ3) is 1.79. The number of imidazole rings is 1. The van der Waals surface area contributed by atoms with Crippen LogP contribution < -0.4 is 5.73 Å². The summed E-state index contributed by atoms with van der Waals surface area (Å²) in [7, 11) is 0. The summed E-state index contributed by atoms with van der Waals surface area (Å²) in [6.07, 6.45) is 4.95. The molecule has 0 radical (unpaired) electrons. The van der Waals surface area contributed by atoms with Crippen LogP contribution in [0.2, 0.25) is 0 Å². The van der Waals surface area contributed by atoms with Gasteiger partial charge in [0, 0.05) is 22.7 Å². The minimum Gasteiger partial charge on any atom is -0.388 e. The fourth-order valence-corrected chi connectivity index (χ4v) is 4.33. The number of aliphatic hydroxyl groups is 1. The topological polar surface area (TPSA) is 77.0 Å². The van der Waals surface area contributed by atoms with Crippen LogP contribution in [0.5, 0.6) is 0 Å². The Labute approximate surface area is 139 Å². The first-order chi connectivity index (χ1) is 11.7. The molecule has 0 amide bonds. The van der Waals surface area contributed by atoms with Gasteiger partial charge in [-0.15, -0.1) is 0 Å². The number of aryl methyl sites for hydroxylation is 1. The van der Waals surface area contributed by atoms with Crippen LogP contribution in [0.4, 0.5) is 5.82 Å². The lowest BCUT2D eigenvalue weighted by Crippen LogP contribution is -2.29. The number of hydrogen-bond acceptors (Lipinski definition) is 4. The van der Waals surface area contributed by atoms with Crippen LogP contribution in [0.25, 0.3) is 11.3 Å². The second kappa shape index (κ2) is 4.92. The number of rotatable bonds is 1. The highest BCUT2D eigenvalue weighted by Crippen LogP contribution is 2.49. The fraction of sp³-hybridized carbons (Fsp3) is 0.263. The summed E-state index contributed by atoms with van der Waals surface area (Å²) in [6, 6.07) is 12.2. The number of benzene rings is 1. The van der Waals surface area contributed by atoms with Gasteiger partial charge < -0.3 is 15.4 Å². The number of nitrogens with two attached hydrogens (primary N) is 1. The standard InChI is InChI=1S/C19H18N4O/c20-17-8-6-13-15(22-17)7-5-14(19(13)24)18-12-4-2-1-3-11(12)16-9-21-10-23(16)18/h1-4,6,8-10,14,18-19,24H,5,7H2,(H2,20,22)/t14?,18-,19?/m1/s1. The predicted molar refractivity (Wildman–Crippen MR) is 91.2 cm³/mol. The van der Waals surface area contributed by atoms with E-state index in [0.29, 0.717) is 5.82 Å². The summed E-state index contributed by atoms with van der Waals surface area (Å²) >= 11 is 0. The van der Waals surface area contributed by atoms with Crippen molar-refractivity contribution in [2.75, 3.05) is 5.73 Å². The maximum Gasteiger partial charge on any atom is 0.123 e. The smallest absolute Gasteiger partial charge is 0.123 e. The molecule has 2 aromatic heterocycles. The molecule has 120 valence electrons. The number of aliphatic hydroxyl groups excluding tert-OH is 1. The maximum atomic E-state index is 11.0. The van der Waals surface area contributed by atoms with Crippen LogP contribution in [0.1, 0.15) is 35.4 Å². The van der Waals surface area contributed by atoms with E-state index in [9.17, 15) is 5.11 Å². The van der Waals surface area contributed by atoms with Crippen LogP contribution in [0.15, 0.2) is 48.9 Å². The Morgan fingerprint density at radius 3 is 2.92 bits per heavy atom. The SMILES string of the molecule is Nc1ccc2c(n1)CCC([C@H]1c3ccccc3-c3cncn31)C2O. The molecule has 24 heavy (non-hydrogen) atoms. The second-order valence-corrected chi connectivity index (χ2v) is 6.64. The molecule has 1 aliphatic heterocycles. The van der Waals surface area contributed by atoms with Gasteiger partial charge in [0.1, 0.15) is 5.82 Å². The minimum atomic E-state index is -0.548. The van der Waals surface area contributed by atoms with Crippen molar-refractivity contribution in [2.45, 2.75) is 25.0 Å². The van der Waals surface area contributed by atoms with Crippen molar-refractivity contribution in [2.24, 2.45) is 5.92 Å². The van der Waals surface area contributed by atoms with Crippen LogP contribution in [-0.4, -0.2) is 19.6 Å². The molecule has 5 nitrogen and oxygen atoms in total. The lowest BCUT2D eigenvalue weighted by molar-refractivity contribution is 0.0711. The molecule has 0 saturated heterocycles. The van der Waals surface area contributed by atoms with Crippen molar-refractivity contribution < 1.29 is 5.11 Å². The summed E-state index contributed by atoms with van der Waals surface area (Å²) in [4.78, 5) is 8.72. The molecule has 5 heteroatoms. The molecule has 2 unspecified atom stereocenters. The number of hydrogen-bond donors (Lipinski definition) is 2. The molecule has 3 N–H and O–H groups in total. The molecule has 0 saturated carbocycles. The molecular formula is C19H18N4O. The van der Waals surface area contributed by atoms with Gasteiger partial charge in [0.2, 0.25) is 0 Å². The number of aromatic nitrogens is 3. The molecule has 0 fully saturated rings. The first-order valence-electron chi connectivity index (χ1n) is 8.28. The summed E-state index contributed by atoms with van der Waals surface area (Å²) in [5.74, 6) is 0.613. The molecule has 0 spiro atoms. The van der Waals surface area contributed by atoms with Gasteiger partial charge in [-0.25, -0.2) is 9.97 Å². The molecule has 1 aromatic carbocycles. The highest BCUT2D eigenvalue weighted by molar-refractivity contribution is 5.69. The van der Waals surface area contributed by atoms with E-state index in [2.05, 4.69) is 38.8 Å². The Morgan fingerprint density at radius 1 is 1.12 bits per heavy atom. The Bertz CT molecular complexity index is 933. The normalized spacial score (nSPS) is 24.3. The third-order valence-corrected chi connectivity index (χ3v) is 5.40. The Hall–Kier alpha value is -2.66. The number of anilines is 1. The molecule has 3 aromatic rings. The largest absolute Gasteiger partial charge is 0.388 e. The summed E-state index contributed by atoms with van der Waals surface area (Å²) in [5, 5.41) is 11.0. The van der Waals surface area contributed by atoms with E-state index in [1.165, 1.54) is 11.1 Å². The summed E-state index contributed by atoms with van der Waals surface area (Å²) in [6.45, 7) is 0. The van der Waals surface area contributed by atoms with Crippen LogP contribution in [0, 0.1) is 5.92 Å². The average molecular weight is 318 g/mol. The molecule has 5 rings (SSSR count). The zero-order valence-corrected chi connectivity index (χ0v) is 13.1. The quantitative estimate of drug-likeness (QED) is 0.723. The van der Waals surface area contributed by atoms with Crippen molar-refractivity contribution in [1.29, 1.82) is 0 Å². The second-order valence-electron chi connectivity index (χ2n) is 6.64. The monoisotopic (exact) mass is 318 g/mol. The fourth-order valence-electron chi connectivity index (χ4n) is 4.33. The zero-order valence-electron chi connectivity index (χ0n) is 13.1. The van der Waals surface area contributed by atoms with Crippen molar-refractivity contribution in [3.05, 3.63) is 65.7 Å². The maximum absolute atomic E-state index is 11.0. The lowest BCUT2D eigenvalue weighted by atomic mass is 9.77. The van der Waals surface area contributed by atoms with Gasteiger partial charge in [-0.05, 0) is 24.5 Å². The van der Waals surface area contributed by atoms with Crippen molar-refractivity contribution in [1.82, 2.24) is 14.5 Å². The zero-order chi connectivity index (χ0) is 16.3. The predicted octanol–water partition coefficient (Wildman–Crippen LogP) is 2.73. The van der Waals surface area contributed by atoms with E-state index in [0.717, 1.165) is 29.8 Å². The first-order valence-corrected chi connectivity index (χ1v) is 8.28. The molecule has 1 aliphatic carbocycles. The number of nitrogens with zero attached hydrogens (tertiary/aromatic N) is 3. The van der Waals surface area contributed by atoms with E-state index in [1.54, 1.807) is 6.07 Å². The van der Waals surface area contributed by atoms with Crippen molar-refractivity contribution in [3.8, 4) is 11.3 Å². The van der Waals surface area contributed by atoms with Crippen LogP contribution >= 0.6 is 0 Å². The molecular weight excluding hydrogens is 300 g/mol. The van der Waals surface area contributed by atoms with Crippen LogP contribution in [0.3, 0.4) is 0 Å². The van der Waals surface area contributed by atoms with Gasteiger partial charge in [0.05, 0.1) is 30.4 Å². The van der Waals surface area contributed by atoms with Crippen molar-refractivity contribution >= 4 is 5.82 Å². The van der Waals surface area contributed by atoms with Gasteiger partial charge in [-0.2, -0.15) is 0 Å². The first kappa shape index (κ1) is 13.7. The molecule has 0 bridgehead atoms. The number of pyridine rings is 1. The highest BCUT2D eigenvalue weighted by atomic mass is 16.3. The number of nitrogen functional groups attached to an aromatic ring is 1. The van der Waals surface area contributed by atoms with Gasteiger partial charge >= 0.3 is 0 Å². The van der Waals surface area contributed by atoms with E-state index in [1.807, 2.05) is 18.6 Å². The molecule has 2 aliphatic rings. The van der Waals surface area contributed by atoms with Gasteiger partial charge in [-0.1, -0.05) is 30.3 Å². The Morgan fingerprint density at radius 2 is 2.00 bits per heavy atom. The van der Waals surface area contributed by atoms with Gasteiger partial charge in [0.15, 0.2) is 0 Å². The number of fused-ring (bicyclic) bond motifs is 4. The van der Waals surface area contributed by atoms with Crippen molar-refractivity contribution in [3.63, 3.8) is 0 Å². The van der Waals surface area contributed by atoms with Gasteiger partial charge in [0.25, 0.3) is 0 Å². The lowest BCUT2D eigenvalue weighted by Gasteiger charge is -2.34.